The van der Waals surface area contributed by atoms with E-state index in [1.54, 1.807) is 23.1 Å². The van der Waals surface area contributed by atoms with E-state index in [0.717, 1.165) is 59.4 Å². The fourth-order valence-electron chi connectivity index (χ4n) is 3.50. The van der Waals surface area contributed by atoms with Gasteiger partial charge in [0.15, 0.2) is 5.13 Å². The van der Waals surface area contributed by atoms with Crippen LogP contribution in [0.25, 0.3) is 10.2 Å². The van der Waals surface area contributed by atoms with Gasteiger partial charge in [-0.15, -0.1) is 11.8 Å². The summed E-state index contributed by atoms with van der Waals surface area (Å²) < 4.78 is 1.13. The van der Waals surface area contributed by atoms with E-state index in [2.05, 4.69) is 28.1 Å². The molecular formula is C22H25ClN4OS2. The first-order valence-electron chi connectivity index (χ1n) is 10.2. The minimum atomic E-state index is -0.00645. The Morgan fingerprint density at radius 1 is 1.17 bits per heavy atom. The molecule has 1 aliphatic heterocycles. The maximum atomic E-state index is 12.3. The summed E-state index contributed by atoms with van der Waals surface area (Å²) in [6.45, 7) is 7.42. The third kappa shape index (κ3) is 5.09. The highest BCUT2D eigenvalue weighted by Gasteiger charge is 2.20. The first-order valence-corrected chi connectivity index (χ1v) is 12.4. The lowest BCUT2D eigenvalue weighted by Gasteiger charge is -2.34. The van der Waals surface area contributed by atoms with E-state index in [-0.39, 0.29) is 5.91 Å². The molecule has 0 unspecified atom stereocenters. The Bertz CT molecular complexity index is 1000. The predicted octanol–water partition coefficient (Wildman–Crippen LogP) is 4.61. The summed E-state index contributed by atoms with van der Waals surface area (Å²) in [6, 6.07) is 13.7. The topological polar surface area (TPSA) is 48.5 Å². The fraction of sp³-hybridized carbons (Fsp3) is 0.364. The fourth-order valence-corrected chi connectivity index (χ4v) is 5.48. The van der Waals surface area contributed by atoms with Crippen LogP contribution in [0.15, 0.2) is 47.4 Å². The van der Waals surface area contributed by atoms with Gasteiger partial charge < -0.3 is 10.2 Å². The Labute approximate surface area is 190 Å². The van der Waals surface area contributed by atoms with Crippen LogP contribution >= 0.6 is 34.7 Å². The molecular weight excluding hydrogens is 436 g/mol. The molecule has 158 valence electrons. The van der Waals surface area contributed by atoms with Crippen LogP contribution in [-0.2, 0) is 0 Å². The third-order valence-electron chi connectivity index (χ3n) is 5.14. The Morgan fingerprint density at radius 2 is 1.93 bits per heavy atom. The molecule has 4 rings (SSSR count). The number of hydrogen-bond donors (Lipinski definition) is 1. The molecule has 5 nitrogen and oxygen atoms in total. The highest BCUT2D eigenvalue weighted by molar-refractivity contribution is 7.99. The number of carbonyl (C=O) groups excluding carboxylic acids is 1. The normalized spacial score (nSPS) is 14.9. The smallest absolute Gasteiger partial charge is 0.251 e. The summed E-state index contributed by atoms with van der Waals surface area (Å²) in [6.07, 6.45) is 0. The van der Waals surface area contributed by atoms with Gasteiger partial charge >= 0.3 is 0 Å². The van der Waals surface area contributed by atoms with Crippen molar-refractivity contribution in [3.05, 3.63) is 53.1 Å². The first kappa shape index (κ1) is 21.4. The van der Waals surface area contributed by atoms with Gasteiger partial charge in [0.2, 0.25) is 0 Å². The van der Waals surface area contributed by atoms with Crippen molar-refractivity contribution in [1.82, 2.24) is 15.2 Å². The van der Waals surface area contributed by atoms with Gasteiger partial charge in [-0.1, -0.05) is 35.9 Å². The molecule has 0 saturated carbocycles. The number of halogens is 1. The van der Waals surface area contributed by atoms with Crippen LogP contribution in [0.5, 0.6) is 0 Å². The molecule has 0 atom stereocenters. The maximum Gasteiger partial charge on any atom is 0.251 e. The first-order chi connectivity index (χ1) is 14.6. The van der Waals surface area contributed by atoms with Crippen LogP contribution in [0.3, 0.4) is 0 Å². The van der Waals surface area contributed by atoms with Crippen molar-refractivity contribution in [1.29, 1.82) is 0 Å². The third-order valence-corrected chi connectivity index (χ3v) is 7.42. The van der Waals surface area contributed by atoms with E-state index >= 15 is 0 Å². The summed E-state index contributed by atoms with van der Waals surface area (Å²) in [5, 5.41) is 4.79. The number of fused-ring (bicyclic) bond motifs is 1. The highest BCUT2D eigenvalue weighted by atomic mass is 35.5. The molecule has 0 aliphatic carbocycles. The van der Waals surface area contributed by atoms with E-state index in [4.69, 9.17) is 16.6 Å². The van der Waals surface area contributed by atoms with Gasteiger partial charge in [0.05, 0.1) is 9.72 Å². The van der Waals surface area contributed by atoms with Crippen molar-refractivity contribution >= 4 is 56.0 Å². The standard InChI is InChI=1S/C22H25ClN4OS2/c1-2-29-17-8-6-16(7-9-17)21(28)24-10-11-26-12-14-27(15-13-26)22-25-20-18(23)4-3-5-19(20)30-22/h3-9H,2,10-15H2,1H3,(H,24,28). The second kappa shape index (κ2) is 10.0. The van der Waals surface area contributed by atoms with Crippen molar-refractivity contribution in [2.24, 2.45) is 0 Å². The molecule has 3 aromatic rings. The Hall–Kier alpha value is -1.80. The van der Waals surface area contributed by atoms with Gasteiger partial charge in [-0.2, -0.15) is 0 Å². The molecule has 1 aromatic heterocycles. The highest BCUT2D eigenvalue weighted by Crippen LogP contribution is 2.33. The molecule has 1 N–H and O–H groups in total. The number of anilines is 1. The van der Waals surface area contributed by atoms with Crippen molar-refractivity contribution in [3.63, 3.8) is 0 Å². The van der Waals surface area contributed by atoms with Crippen LogP contribution < -0.4 is 10.2 Å². The van der Waals surface area contributed by atoms with Gasteiger partial charge in [-0.25, -0.2) is 4.98 Å². The summed E-state index contributed by atoms with van der Waals surface area (Å²) >= 11 is 9.74. The van der Waals surface area contributed by atoms with Gasteiger partial charge in [0, 0.05) is 49.7 Å². The number of aromatic nitrogens is 1. The van der Waals surface area contributed by atoms with Crippen molar-refractivity contribution < 1.29 is 4.79 Å². The molecule has 2 aromatic carbocycles. The minimum absolute atomic E-state index is 0.00645. The lowest BCUT2D eigenvalue weighted by atomic mass is 10.2. The van der Waals surface area contributed by atoms with E-state index in [0.29, 0.717) is 11.6 Å². The second-order valence-corrected chi connectivity index (χ2v) is 9.88. The van der Waals surface area contributed by atoms with Crippen LogP contribution in [0, 0.1) is 0 Å². The average molecular weight is 461 g/mol. The number of thioether (sulfide) groups is 1. The monoisotopic (exact) mass is 460 g/mol. The number of nitrogens with zero attached hydrogens (tertiary/aromatic N) is 3. The number of nitrogens with one attached hydrogen (secondary N) is 1. The zero-order chi connectivity index (χ0) is 20.9. The van der Waals surface area contributed by atoms with E-state index in [9.17, 15) is 4.79 Å². The minimum Gasteiger partial charge on any atom is -0.351 e. The van der Waals surface area contributed by atoms with E-state index in [1.807, 2.05) is 36.4 Å². The number of thiazole rings is 1. The maximum absolute atomic E-state index is 12.3. The van der Waals surface area contributed by atoms with Crippen LogP contribution in [0.2, 0.25) is 5.02 Å². The number of para-hydroxylation sites is 1. The molecule has 0 radical (unpaired) electrons. The van der Waals surface area contributed by atoms with Crippen molar-refractivity contribution in [2.45, 2.75) is 11.8 Å². The Morgan fingerprint density at radius 3 is 2.63 bits per heavy atom. The van der Waals surface area contributed by atoms with Gasteiger partial charge in [-0.05, 0) is 42.2 Å². The summed E-state index contributed by atoms with van der Waals surface area (Å²) in [7, 11) is 0. The summed E-state index contributed by atoms with van der Waals surface area (Å²) in [4.78, 5) is 23.0. The molecule has 1 aliphatic rings. The second-order valence-electron chi connectivity index (χ2n) is 7.12. The molecule has 8 heteroatoms. The quantitative estimate of drug-likeness (QED) is 0.521. The van der Waals surface area contributed by atoms with E-state index < -0.39 is 0 Å². The molecule has 1 fully saturated rings. The number of piperazine rings is 1. The molecule has 1 saturated heterocycles. The molecule has 1 amide bonds. The molecule has 0 spiro atoms. The molecule has 0 bridgehead atoms. The average Bonchev–Trinajstić information content (AvgIpc) is 3.21. The number of benzene rings is 2. The van der Waals surface area contributed by atoms with Gasteiger partial charge in [0.25, 0.3) is 5.91 Å². The van der Waals surface area contributed by atoms with Crippen molar-refractivity contribution in [2.75, 3.05) is 49.9 Å². The van der Waals surface area contributed by atoms with Gasteiger partial charge in [0.1, 0.15) is 5.52 Å². The summed E-state index contributed by atoms with van der Waals surface area (Å²) in [5.74, 6) is 1.03. The molecule has 30 heavy (non-hydrogen) atoms. The number of amides is 1. The van der Waals surface area contributed by atoms with Gasteiger partial charge in [-0.3, -0.25) is 9.69 Å². The molecule has 2 heterocycles. The van der Waals surface area contributed by atoms with Crippen LogP contribution in [0.1, 0.15) is 17.3 Å². The van der Waals surface area contributed by atoms with Crippen molar-refractivity contribution in [3.8, 4) is 0 Å². The Kier molecular flexibility index (Phi) is 7.15. The SMILES string of the molecule is CCSc1ccc(C(=O)NCCN2CCN(c3nc4c(Cl)cccc4s3)CC2)cc1. The number of hydrogen-bond acceptors (Lipinski definition) is 6. The summed E-state index contributed by atoms with van der Waals surface area (Å²) in [5.41, 5.74) is 1.61. The predicted molar refractivity (Wildman–Crippen MR) is 128 cm³/mol. The number of carbonyl (C=O) groups is 1. The van der Waals surface area contributed by atoms with Crippen LogP contribution in [-0.4, -0.2) is 60.8 Å². The largest absolute Gasteiger partial charge is 0.351 e. The van der Waals surface area contributed by atoms with E-state index in [1.165, 1.54) is 4.90 Å². The zero-order valence-electron chi connectivity index (χ0n) is 16.9. The van der Waals surface area contributed by atoms with Crippen LogP contribution in [0.4, 0.5) is 5.13 Å². The Balaban J connectivity index is 1.23. The zero-order valence-corrected chi connectivity index (χ0v) is 19.3. The lowest BCUT2D eigenvalue weighted by Crippen LogP contribution is -2.48. The number of rotatable bonds is 7. The lowest BCUT2D eigenvalue weighted by molar-refractivity contribution is 0.0947.